The van der Waals surface area contributed by atoms with E-state index in [2.05, 4.69) is 19.9 Å². The Labute approximate surface area is 75.3 Å². The van der Waals surface area contributed by atoms with Gasteiger partial charge in [-0.05, 0) is 46.1 Å². The van der Waals surface area contributed by atoms with E-state index in [1.54, 1.807) is 11.1 Å². The summed E-state index contributed by atoms with van der Waals surface area (Å²) in [6.45, 7) is 5.25. The molecule has 1 aliphatic rings. The van der Waals surface area contributed by atoms with Gasteiger partial charge in [-0.1, -0.05) is 22.8 Å². The molecule has 0 spiro atoms. The van der Waals surface area contributed by atoms with Crippen molar-refractivity contribution < 1.29 is 0 Å². The minimum atomic E-state index is 0.819. The second-order valence-electron chi connectivity index (χ2n) is 3.66. The van der Waals surface area contributed by atoms with Gasteiger partial charge in [-0.2, -0.15) is 0 Å². The first kappa shape index (κ1) is 9.53. The fraction of sp³-hybridized carbons (Fsp3) is 0.636. The summed E-state index contributed by atoms with van der Waals surface area (Å²) >= 11 is 0. The summed E-state index contributed by atoms with van der Waals surface area (Å²) in [6.07, 6.45) is 7.18. The van der Waals surface area contributed by atoms with Crippen molar-refractivity contribution in [2.24, 2.45) is 5.73 Å². The Bertz CT molecular complexity index is 211. The average Bonchev–Trinajstić information content (AvgIpc) is 2.07. The van der Waals surface area contributed by atoms with Crippen LogP contribution in [0.1, 0.15) is 39.5 Å². The minimum absolute atomic E-state index is 0.819. The lowest BCUT2D eigenvalue weighted by molar-refractivity contribution is 0.759. The van der Waals surface area contributed by atoms with Crippen LogP contribution in [-0.4, -0.2) is 6.54 Å². The molecule has 1 heteroatoms. The van der Waals surface area contributed by atoms with Gasteiger partial charge in [0.1, 0.15) is 0 Å². The number of rotatable bonds is 3. The van der Waals surface area contributed by atoms with E-state index in [0.29, 0.717) is 0 Å². The van der Waals surface area contributed by atoms with Crippen LogP contribution in [0, 0.1) is 0 Å². The zero-order valence-corrected chi connectivity index (χ0v) is 8.19. The number of nitrogens with two attached hydrogens (primary N) is 1. The smallest absolute Gasteiger partial charge is 0.00742 e. The molecule has 2 N–H and O–H groups in total. The second-order valence-corrected chi connectivity index (χ2v) is 3.66. The van der Waals surface area contributed by atoms with Crippen LogP contribution in [0.25, 0.3) is 0 Å². The van der Waals surface area contributed by atoms with E-state index in [0.717, 1.165) is 13.0 Å². The highest BCUT2D eigenvalue weighted by Crippen LogP contribution is 2.25. The molecule has 1 rings (SSSR count). The summed E-state index contributed by atoms with van der Waals surface area (Å²) < 4.78 is 0. The van der Waals surface area contributed by atoms with Crippen molar-refractivity contribution in [1.29, 1.82) is 0 Å². The van der Waals surface area contributed by atoms with E-state index in [9.17, 15) is 0 Å². The van der Waals surface area contributed by atoms with Crippen LogP contribution in [0.3, 0.4) is 0 Å². The third kappa shape index (κ3) is 2.49. The van der Waals surface area contributed by atoms with Gasteiger partial charge in [-0.25, -0.2) is 0 Å². The highest BCUT2D eigenvalue weighted by Gasteiger charge is 2.06. The molecule has 68 valence electrons. The zero-order chi connectivity index (χ0) is 8.97. The monoisotopic (exact) mass is 165 g/mol. The van der Waals surface area contributed by atoms with Gasteiger partial charge in [-0.3, -0.25) is 0 Å². The zero-order valence-electron chi connectivity index (χ0n) is 8.19. The van der Waals surface area contributed by atoms with Crippen molar-refractivity contribution in [3.63, 3.8) is 0 Å². The van der Waals surface area contributed by atoms with Crippen LogP contribution in [0.15, 0.2) is 22.8 Å². The van der Waals surface area contributed by atoms with Crippen LogP contribution in [0.2, 0.25) is 0 Å². The van der Waals surface area contributed by atoms with E-state index >= 15 is 0 Å². The summed E-state index contributed by atoms with van der Waals surface area (Å²) in [5, 5.41) is 0. The van der Waals surface area contributed by atoms with Crippen LogP contribution in [0.4, 0.5) is 0 Å². The third-order valence-corrected chi connectivity index (χ3v) is 2.62. The molecule has 0 atom stereocenters. The summed E-state index contributed by atoms with van der Waals surface area (Å²) in [7, 11) is 0. The molecule has 1 nitrogen and oxygen atoms in total. The molecular formula is C11H19N. The predicted molar refractivity (Wildman–Crippen MR) is 54.0 cm³/mol. The van der Waals surface area contributed by atoms with E-state index in [-0.39, 0.29) is 0 Å². The largest absolute Gasteiger partial charge is 0.330 e. The lowest BCUT2D eigenvalue weighted by Crippen LogP contribution is -2.01. The second kappa shape index (κ2) is 4.46. The Morgan fingerprint density at radius 3 is 2.67 bits per heavy atom. The Balaban J connectivity index is 2.51. The molecule has 0 unspecified atom stereocenters. The Morgan fingerprint density at radius 1 is 1.33 bits per heavy atom. The fourth-order valence-corrected chi connectivity index (χ4v) is 1.57. The van der Waals surface area contributed by atoms with Crippen molar-refractivity contribution in [1.82, 2.24) is 0 Å². The van der Waals surface area contributed by atoms with Crippen LogP contribution < -0.4 is 5.73 Å². The van der Waals surface area contributed by atoms with Crippen molar-refractivity contribution in [3.8, 4) is 0 Å². The van der Waals surface area contributed by atoms with Crippen LogP contribution >= 0.6 is 0 Å². The third-order valence-electron chi connectivity index (χ3n) is 2.62. The molecule has 0 bridgehead atoms. The molecule has 0 radical (unpaired) electrons. The van der Waals surface area contributed by atoms with Crippen LogP contribution in [0.5, 0.6) is 0 Å². The Kier molecular flexibility index (Phi) is 3.54. The van der Waals surface area contributed by atoms with Crippen molar-refractivity contribution in [3.05, 3.63) is 22.8 Å². The maximum atomic E-state index is 5.47. The molecule has 0 amide bonds. The van der Waals surface area contributed by atoms with Gasteiger partial charge in [0.15, 0.2) is 0 Å². The number of hydrogen-bond acceptors (Lipinski definition) is 1. The fourth-order valence-electron chi connectivity index (χ4n) is 1.57. The molecule has 0 saturated heterocycles. The average molecular weight is 165 g/mol. The van der Waals surface area contributed by atoms with Crippen molar-refractivity contribution in [2.75, 3.05) is 6.54 Å². The Hall–Kier alpha value is -0.560. The maximum Gasteiger partial charge on any atom is -0.00742 e. The highest BCUT2D eigenvalue weighted by molar-refractivity contribution is 5.30. The number of allylic oxidation sites excluding steroid dienone is 4. The molecule has 0 aromatic heterocycles. The highest BCUT2D eigenvalue weighted by atomic mass is 14.5. The van der Waals surface area contributed by atoms with E-state index < -0.39 is 0 Å². The van der Waals surface area contributed by atoms with Gasteiger partial charge in [-0.15, -0.1) is 0 Å². The molecule has 12 heavy (non-hydrogen) atoms. The normalized spacial score (nSPS) is 18.1. The lowest BCUT2D eigenvalue weighted by Gasteiger charge is -2.15. The minimum Gasteiger partial charge on any atom is -0.330 e. The van der Waals surface area contributed by atoms with E-state index in [1.165, 1.54) is 24.8 Å². The van der Waals surface area contributed by atoms with Gasteiger partial charge >= 0.3 is 0 Å². The van der Waals surface area contributed by atoms with Gasteiger partial charge in [0.25, 0.3) is 0 Å². The Morgan fingerprint density at radius 2 is 2.08 bits per heavy atom. The lowest BCUT2D eigenvalue weighted by atomic mass is 9.92. The van der Waals surface area contributed by atoms with E-state index in [1.807, 2.05) is 0 Å². The van der Waals surface area contributed by atoms with Gasteiger partial charge < -0.3 is 5.73 Å². The summed E-state index contributed by atoms with van der Waals surface area (Å²) in [5.74, 6) is 0. The molecule has 0 aromatic rings. The van der Waals surface area contributed by atoms with Gasteiger partial charge in [0.05, 0.1) is 0 Å². The molecule has 0 aromatic carbocycles. The van der Waals surface area contributed by atoms with Gasteiger partial charge in [0, 0.05) is 0 Å². The number of hydrogen-bond donors (Lipinski definition) is 1. The van der Waals surface area contributed by atoms with Gasteiger partial charge in [0.2, 0.25) is 0 Å². The van der Waals surface area contributed by atoms with Crippen molar-refractivity contribution in [2.45, 2.75) is 39.5 Å². The quantitative estimate of drug-likeness (QED) is 0.683. The maximum absolute atomic E-state index is 5.47. The first-order valence-corrected chi connectivity index (χ1v) is 4.80. The van der Waals surface area contributed by atoms with E-state index in [4.69, 9.17) is 5.73 Å². The molecule has 0 fully saturated rings. The SMILES string of the molecule is CC1=C(C)CCC(CCCN)=C1. The van der Waals surface area contributed by atoms with Crippen LogP contribution in [-0.2, 0) is 0 Å². The first-order chi connectivity index (χ1) is 5.74. The first-order valence-electron chi connectivity index (χ1n) is 4.80. The summed E-state index contributed by atoms with van der Waals surface area (Å²) in [6, 6.07) is 0. The topological polar surface area (TPSA) is 26.0 Å². The summed E-state index contributed by atoms with van der Waals surface area (Å²) in [4.78, 5) is 0. The molecule has 0 heterocycles. The molecule has 0 aliphatic heterocycles. The molecule has 0 saturated carbocycles. The summed E-state index contributed by atoms with van der Waals surface area (Å²) in [5.41, 5.74) is 10.1. The predicted octanol–water partition coefficient (Wildman–Crippen LogP) is 2.78. The standard InChI is InChI=1S/C11H19N/c1-9-5-6-11(4-3-7-12)8-10(9)2/h8H,3-7,12H2,1-2H3. The molecule has 1 aliphatic carbocycles. The molecular weight excluding hydrogens is 146 g/mol. The van der Waals surface area contributed by atoms with Crippen molar-refractivity contribution >= 4 is 0 Å².